The maximum Gasteiger partial charge on any atom is 0.118 e. The highest BCUT2D eigenvalue weighted by Crippen LogP contribution is 2.11. The number of aryl methyl sites for hydroxylation is 1. The first kappa shape index (κ1) is 12.6. The van der Waals surface area contributed by atoms with E-state index in [-0.39, 0.29) is 0 Å². The van der Waals surface area contributed by atoms with Gasteiger partial charge in [0.05, 0.1) is 13.3 Å². The van der Waals surface area contributed by atoms with Crippen LogP contribution in [0.15, 0.2) is 30.5 Å². The van der Waals surface area contributed by atoms with Gasteiger partial charge in [0, 0.05) is 31.4 Å². The molecule has 0 unspecified atom stereocenters. The summed E-state index contributed by atoms with van der Waals surface area (Å²) >= 11 is 0. The predicted octanol–water partition coefficient (Wildman–Crippen LogP) is 2.03. The van der Waals surface area contributed by atoms with Crippen molar-refractivity contribution in [1.29, 1.82) is 0 Å². The third kappa shape index (κ3) is 2.90. The third-order valence-electron chi connectivity index (χ3n) is 3.14. The summed E-state index contributed by atoms with van der Waals surface area (Å²) in [5.74, 6) is 0.891. The molecule has 1 heterocycles. The number of hydrogen-bond acceptors (Lipinski definition) is 3. The Morgan fingerprint density at radius 3 is 2.50 bits per heavy atom. The maximum absolute atomic E-state index is 5.13. The van der Waals surface area contributed by atoms with E-state index in [0.717, 1.165) is 18.8 Å². The lowest BCUT2D eigenvalue weighted by Gasteiger charge is -2.06. The molecule has 2 aromatic rings. The second-order valence-corrected chi connectivity index (χ2v) is 4.33. The molecule has 18 heavy (non-hydrogen) atoms. The summed E-state index contributed by atoms with van der Waals surface area (Å²) in [6, 6.07) is 8.10. The van der Waals surface area contributed by atoms with Gasteiger partial charge in [-0.05, 0) is 24.6 Å². The topological polar surface area (TPSA) is 39.1 Å². The van der Waals surface area contributed by atoms with Crippen LogP contribution in [0.4, 0.5) is 0 Å². The van der Waals surface area contributed by atoms with Gasteiger partial charge in [0.25, 0.3) is 0 Å². The smallest absolute Gasteiger partial charge is 0.118 e. The van der Waals surface area contributed by atoms with Gasteiger partial charge in [0.1, 0.15) is 5.75 Å². The molecule has 0 fully saturated rings. The van der Waals surface area contributed by atoms with Crippen LogP contribution < -0.4 is 10.1 Å². The van der Waals surface area contributed by atoms with Crippen LogP contribution in [0.5, 0.6) is 5.75 Å². The Morgan fingerprint density at radius 2 is 1.94 bits per heavy atom. The zero-order valence-corrected chi connectivity index (χ0v) is 11.1. The molecule has 0 radical (unpaired) electrons. The van der Waals surface area contributed by atoms with Crippen molar-refractivity contribution in [1.82, 2.24) is 15.1 Å². The fraction of sp³-hybridized carbons (Fsp3) is 0.357. The Labute approximate surface area is 108 Å². The average molecular weight is 245 g/mol. The van der Waals surface area contributed by atoms with Gasteiger partial charge in [0.2, 0.25) is 0 Å². The second kappa shape index (κ2) is 5.69. The fourth-order valence-corrected chi connectivity index (χ4v) is 1.80. The summed E-state index contributed by atoms with van der Waals surface area (Å²) in [5, 5.41) is 7.64. The molecule has 0 aliphatic rings. The van der Waals surface area contributed by atoms with Crippen molar-refractivity contribution in [3.8, 4) is 5.75 Å². The van der Waals surface area contributed by atoms with Gasteiger partial charge in [-0.15, -0.1) is 0 Å². The number of nitrogens with one attached hydrogen (secondary N) is 1. The molecule has 0 saturated carbocycles. The Balaban J connectivity index is 1.86. The van der Waals surface area contributed by atoms with Crippen LogP contribution >= 0.6 is 0 Å². The third-order valence-corrected chi connectivity index (χ3v) is 3.14. The molecule has 4 heteroatoms. The van der Waals surface area contributed by atoms with Gasteiger partial charge < -0.3 is 10.1 Å². The maximum atomic E-state index is 5.13. The summed E-state index contributed by atoms with van der Waals surface area (Å²) < 4.78 is 7.02. The van der Waals surface area contributed by atoms with Crippen molar-refractivity contribution in [3.63, 3.8) is 0 Å². The molecule has 1 aromatic carbocycles. The van der Waals surface area contributed by atoms with Crippen LogP contribution in [-0.2, 0) is 20.1 Å². The SMILES string of the molecule is COc1ccc(CNCc2cnn(C)c2C)cc1. The van der Waals surface area contributed by atoms with Gasteiger partial charge in [-0.25, -0.2) is 0 Å². The highest BCUT2D eigenvalue weighted by atomic mass is 16.5. The average Bonchev–Trinajstić information content (AvgIpc) is 2.71. The minimum absolute atomic E-state index is 0.839. The monoisotopic (exact) mass is 245 g/mol. The van der Waals surface area contributed by atoms with Crippen LogP contribution in [-0.4, -0.2) is 16.9 Å². The van der Waals surface area contributed by atoms with E-state index in [1.54, 1.807) is 7.11 Å². The van der Waals surface area contributed by atoms with Crippen LogP contribution in [0.2, 0.25) is 0 Å². The number of ether oxygens (including phenoxy) is 1. The summed E-state index contributed by atoms with van der Waals surface area (Å²) in [7, 11) is 3.64. The fourth-order valence-electron chi connectivity index (χ4n) is 1.80. The lowest BCUT2D eigenvalue weighted by molar-refractivity contribution is 0.414. The Bertz CT molecular complexity index is 502. The van der Waals surface area contributed by atoms with E-state index in [9.17, 15) is 0 Å². The van der Waals surface area contributed by atoms with Gasteiger partial charge in [-0.1, -0.05) is 12.1 Å². The largest absolute Gasteiger partial charge is 0.497 e. The number of methoxy groups -OCH3 is 1. The summed E-state index contributed by atoms with van der Waals surface area (Å²) in [6.45, 7) is 3.77. The molecular weight excluding hydrogens is 226 g/mol. The van der Waals surface area contributed by atoms with Crippen molar-refractivity contribution in [2.75, 3.05) is 7.11 Å². The van der Waals surface area contributed by atoms with Crippen LogP contribution in [0.3, 0.4) is 0 Å². The Kier molecular flexibility index (Phi) is 3.99. The van der Waals surface area contributed by atoms with E-state index < -0.39 is 0 Å². The molecule has 0 spiro atoms. The summed E-state index contributed by atoms with van der Waals surface area (Å²) in [6.07, 6.45) is 1.91. The van der Waals surface area contributed by atoms with Crippen LogP contribution in [0.1, 0.15) is 16.8 Å². The predicted molar refractivity (Wildman–Crippen MR) is 71.5 cm³/mol. The highest BCUT2D eigenvalue weighted by Gasteiger charge is 2.02. The molecule has 96 valence electrons. The molecule has 4 nitrogen and oxygen atoms in total. The lowest BCUT2D eigenvalue weighted by atomic mass is 10.2. The zero-order chi connectivity index (χ0) is 13.0. The van der Waals surface area contributed by atoms with E-state index >= 15 is 0 Å². The molecule has 0 amide bonds. The second-order valence-electron chi connectivity index (χ2n) is 4.33. The van der Waals surface area contributed by atoms with Gasteiger partial charge >= 0.3 is 0 Å². The van der Waals surface area contributed by atoms with E-state index in [2.05, 4.69) is 29.5 Å². The molecule has 1 aromatic heterocycles. The first-order valence-electron chi connectivity index (χ1n) is 6.02. The first-order valence-corrected chi connectivity index (χ1v) is 6.02. The number of aromatic nitrogens is 2. The lowest BCUT2D eigenvalue weighted by Crippen LogP contribution is -2.13. The van der Waals surface area contributed by atoms with E-state index in [1.165, 1.54) is 16.8 Å². The minimum Gasteiger partial charge on any atom is -0.497 e. The van der Waals surface area contributed by atoms with E-state index in [4.69, 9.17) is 4.74 Å². The molecule has 2 rings (SSSR count). The standard InChI is InChI=1S/C14H19N3O/c1-11-13(10-16-17(11)2)9-15-8-12-4-6-14(18-3)7-5-12/h4-7,10,15H,8-9H2,1-3H3. The minimum atomic E-state index is 0.839. The first-order chi connectivity index (χ1) is 8.70. The molecule has 0 bridgehead atoms. The summed E-state index contributed by atoms with van der Waals surface area (Å²) in [4.78, 5) is 0. The summed E-state index contributed by atoms with van der Waals surface area (Å²) in [5.41, 5.74) is 3.69. The molecule has 0 saturated heterocycles. The molecule has 1 N–H and O–H groups in total. The molecule has 0 aliphatic carbocycles. The molecule has 0 aliphatic heterocycles. The van der Waals surface area contributed by atoms with E-state index in [0.29, 0.717) is 0 Å². The Morgan fingerprint density at radius 1 is 1.22 bits per heavy atom. The van der Waals surface area contributed by atoms with Gasteiger partial charge in [-0.2, -0.15) is 5.10 Å². The van der Waals surface area contributed by atoms with Crippen molar-refractivity contribution in [3.05, 3.63) is 47.3 Å². The quantitative estimate of drug-likeness (QED) is 0.876. The molecule has 0 atom stereocenters. The van der Waals surface area contributed by atoms with Crippen LogP contribution in [0, 0.1) is 6.92 Å². The Hall–Kier alpha value is -1.81. The van der Waals surface area contributed by atoms with Gasteiger partial charge in [-0.3, -0.25) is 4.68 Å². The highest BCUT2D eigenvalue weighted by molar-refractivity contribution is 5.27. The zero-order valence-electron chi connectivity index (χ0n) is 11.1. The van der Waals surface area contributed by atoms with E-state index in [1.807, 2.05) is 30.1 Å². The normalized spacial score (nSPS) is 10.6. The van der Waals surface area contributed by atoms with Crippen molar-refractivity contribution in [2.45, 2.75) is 20.0 Å². The number of rotatable bonds is 5. The van der Waals surface area contributed by atoms with Gasteiger partial charge in [0.15, 0.2) is 0 Å². The van der Waals surface area contributed by atoms with Crippen LogP contribution in [0.25, 0.3) is 0 Å². The number of nitrogens with zero attached hydrogens (tertiary/aromatic N) is 2. The van der Waals surface area contributed by atoms with Crippen molar-refractivity contribution in [2.24, 2.45) is 7.05 Å². The number of hydrogen-bond donors (Lipinski definition) is 1. The molecular formula is C14H19N3O. The van der Waals surface area contributed by atoms with Crippen molar-refractivity contribution >= 4 is 0 Å². The van der Waals surface area contributed by atoms with Crippen molar-refractivity contribution < 1.29 is 4.74 Å². The number of benzene rings is 1.